The van der Waals surface area contributed by atoms with Gasteiger partial charge < -0.3 is 5.11 Å². The van der Waals surface area contributed by atoms with E-state index in [-0.39, 0.29) is 6.61 Å². The zero-order chi connectivity index (χ0) is 10.9. The van der Waals surface area contributed by atoms with Crippen molar-refractivity contribution in [3.05, 3.63) is 35.4 Å². The summed E-state index contributed by atoms with van der Waals surface area (Å²) >= 11 is 0. The van der Waals surface area contributed by atoms with E-state index in [0.717, 1.165) is 12.0 Å². The summed E-state index contributed by atoms with van der Waals surface area (Å²) in [6.07, 6.45) is 7.66. The molecule has 0 amide bonds. The van der Waals surface area contributed by atoms with Crippen molar-refractivity contribution >= 4 is 0 Å². The van der Waals surface area contributed by atoms with Crippen molar-refractivity contribution in [2.45, 2.75) is 52.1 Å². The van der Waals surface area contributed by atoms with Crippen LogP contribution in [0, 0.1) is 0 Å². The van der Waals surface area contributed by atoms with Gasteiger partial charge in [0.05, 0.1) is 6.61 Å². The van der Waals surface area contributed by atoms with Gasteiger partial charge in [-0.25, -0.2) is 0 Å². The van der Waals surface area contributed by atoms with Crippen LogP contribution in [0.1, 0.15) is 50.2 Å². The van der Waals surface area contributed by atoms with Gasteiger partial charge in [0.15, 0.2) is 0 Å². The normalized spacial score (nSPS) is 10.5. The molecule has 0 aliphatic rings. The van der Waals surface area contributed by atoms with Crippen LogP contribution in [0.3, 0.4) is 0 Å². The van der Waals surface area contributed by atoms with Crippen LogP contribution in [-0.4, -0.2) is 5.11 Å². The lowest BCUT2D eigenvalue weighted by Gasteiger charge is -2.06. The summed E-state index contributed by atoms with van der Waals surface area (Å²) in [6, 6.07) is 8.19. The first-order valence-corrected chi connectivity index (χ1v) is 6.06. The maximum absolute atomic E-state index is 9.16. The minimum atomic E-state index is 0.172. The van der Waals surface area contributed by atoms with Crippen LogP contribution < -0.4 is 0 Å². The molecular weight excluding hydrogens is 184 g/mol. The molecule has 0 unspecified atom stereocenters. The van der Waals surface area contributed by atoms with Gasteiger partial charge in [-0.3, -0.25) is 0 Å². The van der Waals surface area contributed by atoms with Crippen molar-refractivity contribution in [1.82, 2.24) is 0 Å². The molecule has 1 rings (SSSR count). The van der Waals surface area contributed by atoms with E-state index in [4.69, 9.17) is 5.11 Å². The van der Waals surface area contributed by atoms with E-state index < -0.39 is 0 Å². The van der Waals surface area contributed by atoms with E-state index >= 15 is 0 Å². The van der Waals surface area contributed by atoms with Crippen LogP contribution in [0.2, 0.25) is 0 Å². The highest BCUT2D eigenvalue weighted by Crippen LogP contribution is 2.13. The van der Waals surface area contributed by atoms with Crippen molar-refractivity contribution in [1.29, 1.82) is 0 Å². The Kier molecular flexibility index (Phi) is 6.10. The number of unbranched alkanes of at least 4 members (excludes halogenated alkanes) is 4. The molecular formula is C14H22O. The predicted octanol–water partition coefficient (Wildman–Crippen LogP) is 3.69. The van der Waals surface area contributed by atoms with E-state index in [1.165, 1.54) is 37.7 Å². The van der Waals surface area contributed by atoms with Crippen LogP contribution in [-0.2, 0) is 13.0 Å². The van der Waals surface area contributed by atoms with Gasteiger partial charge in [0.25, 0.3) is 0 Å². The molecule has 0 radical (unpaired) electrons. The van der Waals surface area contributed by atoms with Crippen molar-refractivity contribution in [3.8, 4) is 0 Å². The molecule has 0 saturated heterocycles. The number of hydrogen-bond donors (Lipinski definition) is 1. The van der Waals surface area contributed by atoms with Crippen LogP contribution in [0.4, 0.5) is 0 Å². The first kappa shape index (κ1) is 12.3. The quantitative estimate of drug-likeness (QED) is 0.674. The zero-order valence-electron chi connectivity index (χ0n) is 9.71. The minimum Gasteiger partial charge on any atom is -0.392 e. The lowest BCUT2D eigenvalue weighted by atomic mass is 10.0. The van der Waals surface area contributed by atoms with Crippen molar-refractivity contribution < 1.29 is 5.11 Å². The second kappa shape index (κ2) is 7.47. The van der Waals surface area contributed by atoms with Crippen LogP contribution in [0.15, 0.2) is 24.3 Å². The van der Waals surface area contributed by atoms with E-state index in [0.29, 0.717) is 0 Å². The highest BCUT2D eigenvalue weighted by atomic mass is 16.3. The molecule has 15 heavy (non-hydrogen) atoms. The Balaban J connectivity index is 2.30. The molecule has 0 aromatic heterocycles. The first-order valence-electron chi connectivity index (χ1n) is 6.06. The third kappa shape index (κ3) is 4.48. The van der Waals surface area contributed by atoms with Crippen molar-refractivity contribution in [3.63, 3.8) is 0 Å². The second-order valence-corrected chi connectivity index (χ2v) is 4.09. The largest absolute Gasteiger partial charge is 0.392 e. The van der Waals surface area contributed by atoms with Crippen LogP contribution in [0.5, 0.6) is 0 Å². The molecule has 84 valence electrons. The third-order valence-electron chi connectivity index (χ3n) is 2.84. The fraction of sp³-hybridized carbons (Fsp3) is 0.571. The topological polar surface area (TPSA) is 20.2 Å². The smallest absolute Gasteiger partial charge is 0.0684 e. The maximum Gasteiger partial charge on any atom is 0.0684 e. The Morgan fingerprint density at radius 1 is 0.933 bits per heavy atom. The molecule has 0 fully saturated rings. The molecule has 1 nitrogen and oxygen atoms in total. The summed E-state index contributed by atoms with van der Waals surface area (Å²) in [5.74, 6) is 0. The summed E-state index contributed by atoms with van der Waals surface area (Å²) in [7, 11) is 0. The summed E-state index contributed by atoms with van der Waals surface area (Å²) in [5.41, 5.74) is 2.41. The molecule has 1 aromatic carbocycles. The van der Waals surface area contributed by atoms with Gasteiger partial charge in [-0.15, -0.1) is 0 Å². The maximum atomic E-state index is 9.16. The summed E-state index contributed by atoms with van der Waals surface area (Å²) in [6.45, 7) is 2.41. The van der Waals surface area contributed by atoms with Crippen molar-refractivity contribution in [2.24, 2.45) is 0 Å². The van der Waals surface area contributed by atoms with Gasteiger partial charge in [0, 0.05) is 0 Å². The van der Waals surface area contributed by atoms with Crippen LogP contribution in [0.25, 0.3) is 0 Å². The van der Waals surface area contributed by atoms with E-state index in [1.807, 2.05) is 12.1 Å². The van der Waals surface area contributed by atoms with Crippen LogP contribution >= 0.6 is 0 Å². The Bertz CT molecular complexity index is 268. The molecule has 0 saturated carbocycles. The summed E-state index contributed by atoms with van der Waals surface area (Å²) < 4.78 is 0. The lowest BCUT2D eigenvalue weighted by Crippen LogP contribution is -1.93. The van der Waals surface area contributed by atoms with Gasteiger partial charge in [-0.1, -0.05) is 56.9 Å². The van der Waals surface area contributed by atoms with Gasteiger partial charge in [-0.2, -0.15) is 0 Å². The van der Waals surface area contributed by atoms with Crippen molar-refractivity contribution in [2.75, 3.05) is 0 Å². The standard InChI is InChI=1S/C14H22O/c1-2-3-4-5-6-9-13-10-7-8-11-14(13)12-15/h7-8,10-11,15H,2-6,9,12H2,1H3. The second-order valence-electron chi connectivity index (χ2n) is 4.09. The molecule has 0 spiro atoms. The Morgan fingerprint density at radius 3 is 2.27 bits per heavy atom. The molecule has 0 bridgehead atoms. The Labute approximate surface area is 93.1 Å². The number of aryl methyl sites for hydroxylation is 1. The fourth-order valence-electron chi connectivity index (χ4n) is 1.87. The average Bonchev–Trinajstić information content (AvgIpc) is 2.29. The molecule has 1 N–H and O–H groups in total. The molecule has 1 heteroatoms. The molecule has 0 aliphatic carbocycles. The summed E-state index contributed by atoms with van der Waals surface area (Å²) in [5, 5.41) is 9.16. The number of aliphatic hydroxyl groups is 1. The van der Waals surface area contributed by atoms with E-state index in [2.05, 4.69) is 19.1 Å². The fourth-order valence-corrected chi connectivity index (χ4v) is 1.87. The SMILES string of the molecule is CCCCCCCc1ccccc1CO. The van der Waals surface area contributed by atoms with Gasteiger partial charge >= 0.3 is 0 Å². The molecule has 1 aromatic rings. The molecule has 0 heterocycles. The molecule has 0 atom stereocenters. The number of rotatable bonds is 7. The monoisotopic (exact) mass is 206 g/mol. The summed E-state index contributed by atoms with van der Waals surface area (Å²) in [4.78, 5) is 0. The molecule has 0 aliphatic heterocycles. The number of aliphatic hydroxyl groups excluding tert-OH is 1. The van der Waals surface area contributed by atoms with Gasteiger partial charge in [0.2, 0.25) is 0 Å². The highest BCUT2D eigenvalue weighted by molar-refractivity contribution is 5.26. The zero-order valence-corrected chi connectivity index (χ0v) is 9.71. The Hall–Kier alpha value is -0.820. The highest BCUT2D eigenvalue weighted by Gasteiger charge is 1.99. The van der Waals surface area contributed by atoms with Gasteiger partial charge in [0.1, 0.15) is 0 Å². The number of benzene rings is 1. The first-order chi connectivity index (χ1) is 7.38. The predicted molar refractivity (Wildman–Crippen MR) is 64.8 cm³/mol. The van der Waals surface area contributed by atoms with Gasteiger partial charge in [-0.05, 0) is 24.0 Å². The average molecular weight is 206 g/mol. The van der Waals surface area contributed by atoms with E-state index in [9.17, 15) is 0 Å². The number of hydrogen-bond acceptors (Lipinski definition) is 1. The van der Waals surface area contributed by atoms with E-state index in [1.54, 1.807) is 0 Å². The Morgan fingerprint density at radius 2 is 1.60 bits per heavy atom. The lowest BCUT2D eigenvalue weighted by molar-refractivity contribution is 0.280. The minimum absolute atomic E-state index is 0.172. The third-order valence-corrected chi connectivity index (χ3v) is 2.84.